The van der Waals surface area contributed by atoms with Crippen LogP contribution in [0.2, 0.25) is 5.15 Å². The third kappa shape index (κ3) is 5.45. The number of fused-ring (bicyclic) bond motifs is 2. The number of thiophene rings is 1. The summed E-state index contributed by atoms with van der Waals surface area (Å²) in [5.74, 6) is 0.535. The highest BCUT2D eigenvalue weighted by atomic mass is 35.5. The molecular formula is C29H27ClF3N5OS. The summed E-state index contributed by atoms with van der Waals surface area (Å²) >= 11 is 7.27. The molecule has 0 saturated heterocycles. The van der Waals surface area contributed by atoms with E-state index in [2.05, 4.69) is 50.6 Å². The van der Waals surface area contributed by atoms with Crippen LogP contribution in [0, 0.1) is 0 Å². The lowest BCUT2D eigenvalue weighted by Gasteiger charge is -2.28. The first-order valence-corrected chi connectivity index (χ1v) is 14.2. The average Bonchev–Trinajstić information content (AvgIpc) is 3.65. The quantitative estimate of drug-likeness (QED) is 0.252. The van der Waals surface area contributed by atoms with E-state index in [1.807, 2.05) is 24.2 Å². The van der Waals surface area contributed by atoms with Gasteiger partial charge in [-0.2, -0.15) is 13.2 Å². The maximum Gasteiger partial charge on any atom is 0.393 e. The number of aromatic nitrogens is 3. The van der Waals surface area contributed by atoms with Crippen molar-refractivity contribution < 1.29 is 18.3 Å². The van der Waals surface area contributed by atoms with Crippen molar-refractivity contribution in [3.8, 4) is 11.1 Å². The molecule has 1 aromatic carbocycles. The molecule has 0 unspecified atom stereocenters. The predicted octanol–water partition coefficient (Wildman–Crippen LogP) is 6.20. The highest BCUT2D eigenvalue weighted by Crippen LogP contribution is 2.37. The van der Waals surface area contributed by atoms with Crippen LogP contribution >= 0.6 is 22.9 Å². The van der Waals surface area contributed by atoms with E-state index in [1.54, 1.807) is 0 Å². The lowest BCUT2D eigenvalue weighted by atomic mass is 9.98. The molecule has 11 heteroatoms. The number of likely N-dealkylation sites (N-methyl/N-ethyl adjacent to an activating group) is 1. The number of aliphatic hydroxyl groups excluding tert-OH is 1. The van der Waals surface area contributed by atoms with Gasteiger partial charge in [0.15, 0.2) is 0 Å². The molecule has 2 N–H and O–H groups in total. The van der Waals surface area contributed by atoms with Crippen molar-refractivity contribution in [2.75, 3.05) is 11.9 Å². The zero-order valence-electron chi connectivity index (χ0n) is 21.6. The Labute approximate surface area is 238 Å². The molecule has 4 aromatic rings. The Kier molecular flexibility index (Phi) is 7.28. The molecule has 1 fully saturated rings. The maximum atomic E-state index is 12.9. The number of hydrogen-bond donors (Lipinski definition) is 2. The van der Waals surface area contributed by atoms with Gasteiger partial charge in [-0.1, -0.05) is 48.0 Å². The molecule has 3 heterocycles. The van der Waals surface area contributed by atoms with Gasteiger partial charge in [0, 0.05) is 41.8 Å². The zero-order chi connectivity index (χ0) is 28.0. The highest BCUT2D eigenvalue weighted by Gasteiger charge is 2.37. The summed E-state index contributed by atoms with van der Waals surface area (Å²) in [5, 5.41) is 15.6. The first kappa shape index (κ1) is 27.1. The number of anilines is 1. The van der Waals surface area contributed by atoms with Crippen LogP contribution in [0.3, 0.4) is 0 Å². The zero-order valence-corrected chi connectivity index (χ0v) is 23.2. The first-order chi connectivity index (χ1) is 19.2. The molecule has 1 saturated carbocycles. The van der Waals surface area contributed by atoms with Gasteiger partial charge in [-0.25, -0.2) is 15.0 Å². The summed E-state index contributed by atoms with van der Waals surface area (Å²) < 4.78 is 38.8. The van der Waals surface area contributed by atoms with Gasteiger partial charge >= 0.3 is 6.18 Å². The molecule has 3 aromatic heterocycles. The van der Waals surface area contributed by atoms with Gasteiger partial charge in [0.25, 0.3) is 0 Å². The fraction of sp³-hybridized carbons (Fsp3) is 0.345. The SMILES string of the molecule is CN(c1ncnc2sc(CC(F)(F)F)cc12)[C@H]1C[C@@H](NCc2ccc(-c3cnc(Cl)c4c3CC=C4)cc2)C[C@H]1O. The minimum absolute atomic E-state index is 0.0810. The van der Waals surface area contributed by atoms with E-state index in [-0.39, 0.29) is 17.0 Å². The van der Waals surface area contributed by atoms with E-state index in [9.17, 15) is 18.3 Å². The van der Waals surface area contributed by atoms with Gasteiger partial charge in [0.05, 0.1) is 24.0 Å². The van der Waals surface area contributed by atoms with Gasteiger partial charge in [0.2, 0.25) is 0 Å². The summed E-state index contributed by atoms with van der Waals surface area (Å²) in [7, 11) is 1.83. The van der Waals surface area contributed by atoms with Gasteiger partial charge in [-0.3, -0.25) is 0 Å². The lowest BCUT2D eigenvalue weighted by Crippen LogP contribution is -2.38. The number of nitrogens with zero attached hydrogens (tertiary/aromatic N) is 4. The Morgan fingerprint density at radius 3 is 2.73 bits per heavy atom. The van der Waals surface area contributed by atoms with Crippen molar-refractivity contribution in [3.05, 3.63) is 75.7 Å². The maximum absolute atomic E-state index is 12.9. The first-order valence-electron chi connectivity index (χ1n) is 13.0. The standard InChI is InChI=1S/C29H27ClF3N5OS/c1-38(27-22-11-19(12-29(31,32)33)40-28(22)37-15-36-27)24-9-18(10-25(24)39)34-13-16-5-7-17(8-6-16)23-14-35-26(30)21-4-2-3-20(21)23/h2,4-8,11,14-15,18,24-25,34,39H,3,9-10,12-13H2,1H3/t18-,24+,25-/m1/s1. The molecule has 0 spiro atoms. The second-order valence-electron chi connectivity index (χ2n) is 10.4. The van der Waals surface area contributed by atoms with Crippen molar-refractivity contribution in [2.45, 2.75) is 56.6 Å². The number of nitrogens with one attached hydrogen (secondary N) is 1. The smallest absolute Gasteiger partial charge is 0.391 e. The second-order valence-corrected chi connectivity index (χ2v) is 11.8. The van der Waals surface area contributed by atoms with E-state index in [4.69, 9.17) is 11.6 Å². The molecule has 2 aliphatic rings. The van der Waals surface area contributed by atoms with Crippen LogP contribution < -0.4 is 10.2 Å². The molecule has 2 aliphatic carbocycles. The summed E-state index contributed by atoms with van der Waals surface area (Å²) in [4.78, 5) is 15.5. The van der Waals surface area contributed by atoms with Crippen LogP contribution in [0.25, 0.3) is 27.4 Å². The van der Waals surface area contributed by atoms with Crippen LogP contribution in [0.4, 0.5) is 19.0 Å². The summed E-state index contributed by atoms with van der Waals surface area (Å²) in [6, 6.07) is 9.74. The topological polar surface area (TPSA) is 74.2 Å². The van der Waals surface area contributed by atoms with Gasteiger partial charge in [-0.15, -0.1) is 11.3 Å². The molecule has 3 atom stereocenters. The highest BCUT2D eigenvalue weighted by molar-refractivity contribution is 7.18. The Bertz CT molecular complexity index is 1570. The normalized spacial score (nSPS) is 20.4. The van der Waals surface area contributed by atoms with Gasteiger partial charge < -0.3 is 15.3 Å². The van der Waals surface area contributed by atoms with Crippen LogP contribution in [0.5, 0.6) is 0 Å². The van der Waals surface area contributed by atoms with Crippen molar-refractivity contribution in [2.24, 2.45) is 0 Å². The van der Waals surface area contributed by atoms with E-state index >= 15 is 0 Å². The molecule has 40 heavy (non-hydrogen) atoms. The molecule has 0 radical (unpaired) electrons. The average molecular weight is 586 g/mol. The molecule has 0 amide bonds. The van der Waals surface area contributed by atoms with Crippen LogP contribution in [0.1, 0.15) is 34.4 Å². The van der Waals surface area contributed by atoms with Crippen molar-refractivity contribution in [1.82, 2.24) is 20.3 Å². The number of rotatable bonds is 7. The summed E-state index contributed by atoms with van der Waals surface area (Å²) in [5.41, 5.74) is 5.49. The fourth-order valence-electron chi connectivity index (χ4n) is 5.73. The summed E-state index contributed by atoms with van der Waals surface area (Å²) in [6.45, 7) is 0.649. The fourth-order valence-corrected chi connectivity index (χ4v) is 6.97. The van der Waals surface area contributed by atoms with Crippen molar-refractivity contribution >= 4 is 45.0 Å². The van der Waals surface area contributed by atoms with Gasteiger partial charge in [-0.05, 0) is 42.0 Å². The van der Waals surface area contributed by atoms with E-state index in [0.717, 1.165) is 40.0 Å². The third-order valence-electron chi connectivity index (χ3n) is 7.71. The molecular weight excluding hydrogens is 559 g/mol. The van der Waals surface area contributed by atoms with Crippen molar-refractivity contribution in [1.29, 1.82) is 0 Å². The monoisotopic (exact) mass is 585 g/mol. The molecule has 0 bridgehead atoms. The number of halogens is 4. The Hall–Kier alpha value is -3.05. The minimum atomic E-state index is -4.29. The van der Waals surface area contributed by atoms with E-state index in [1.165, 1.54) is 18.0 Å². The molecule has 0 aliphatic heterocycles. The predicted molar refractivity (Wildman–Crippen MR) is 153 cm³/mol. The third-order valence-corrected chi connectivity index (χ3v) is 9.05. The number of benzene rings is 1. The van der Waals surface area contributed by atoms with E-state index < -0.39 is 18.7 Å². The Morgan fingerprint density at radius 1 is 1.15 bits per heavy atom. The lowest BCUT2D eigenvalue weighted by molar-refractivity contribution is -0.126. The number of pyridine rings is 1. The van der Waals surface area contributed by atoms with Crippen LogP contribution in [-0.4, -0.2) is 51.5 Å². The molecule has 6 rings (SSSR count). The molecule has 6 nitrogen and oxygen atoms in total. The largest absolute Gasteiger partial charge is 0.393 e. The van der Waals surface area contributed by atoms with Crippen LogP contribution in [-0.2, 0) is 19.4 Å². The Morgan fingerprint density at radius 2 is 1.95 bits per heavy atom. The number of alkyl halides is 3. The molecule has 208 valence electrons. The number of hydrogen-bond acceptors (Lipinski definition) is 7. The van der Waals surface area contributed by atoms with Crippen molar-refractivity contribution in [3.63, 3.8) is 0 Å². The Balaban J connectivity index is 1.10. The van der Waals surface area contributed by atoms with Crippen LogP contribution in [0.15, 0.2) is 48.9 Å². The number of aliphatic hydroxyl groups is 1. The number of allylic oxidation sites excluding steroid dienone is 1. The second kappa shape index (κ2) is 10.7. The minimum Gasteiger partial charge on any atom is -0.391 e. The van der Waals surface area contributed by atoms with E-state index in [0.29, 0.717) is 40.6 Å². The van der Waals surface area contributed by atoms with Gasteiger partial charge in [0.1, 0.15) is 22.1 Å². The summed E-state index contributed by atoms with van der Waals surface area (Å²) in [6.07, 6.45) is 3.53.